The van der Waals surface area contributed by atoms with Crippen molar-refractivity contribution in [1.29, 1.82) is 0 Å². The molecule has 11 nitrogen and oxygen atoms in total. The van der Waals surface area contributed by atoms with Gasteiger partial charge in [0, 0.05) is 17.4 Å². The summed E-state index contributed by atoms with van der Waals surface area (Å²) in [6.45, 7) is 7.81. The van der Waals surface area contributed by atoms with Gasteiger partial charge in [-0.15, -0.1) is 0 Å². The fourth-order valence-corrected chi connectivity index (χ4v) is 3.35. The van der Waals surface area contributed by atoms with E-state index >= 15 is 0 Å². The number of nitrogens with zero attached hydrogens (tertiary/aromatic N) is 1. The number of hydrogen-bond acceptors (Lipinski definition) is 8. The number of halogens is 3. The molecule has 0 bridgehead atoms. The molecule has 4 N–H and O–H groups in total. The lowest BCUT2D eigenvalue weighted by Gasteiger charge is -2.19. The van der Waals surface area contributed by atoms with E-state index in [9.17, 15) is 22.8 Å². The van der Waals surface area contributed by atoms with Gasteiger partial charge in [0.1, 0.15) is 29.0 Å². The number of benzene rings is 1. The number of alkyl halides is 3. The lowest BCUT2D eigenvalue weighted by molar-refractivity contribution is -0.192. The fraction of sp³-hybridized carbons (Fsp3) is 0.385. The first-order valence-electron chi connectivity index (χ1n) is 12.0. The average Bonchev–Trinajstić information content (AvgIpc) is 3.53. The van der Waals surface area contributed by atoms with Crippen LogP contribution in [0.2, 0.25) is 0 Å². The van der Waals surface area contributed by atoms with Crippen LogP contribution in [-0.4, -0.2) is 52.0 Å². The van der Waals surface area contributed by atoms with E-state index in [4.69, 9.17) is 23.9 Å². The van der Waals surface area contributed by atoms with Crippen molar-refractivity contribution in [3.05, 3.63) is 64.8 Å². The van der Waals surface area contributed by atoms with E-state index in [1.807, 2.05) is 31.2 Å². The lowest BCUT2D eigenvalue weighted by atomic mass is 10.0. The van der Waals surface area contributed by atoms with Crippen LogP contribution in [0.15, 0.2) is 41.1 Å². The third-order valence-electron chi connectivity index (χ3n) is 5.09. The van der Waals surface area contributed by atoms with Gasteiger partial charge < -0.3 is 34.7 Å². The number of carboxylic acid groups (broad SMARTS) is 1. The van der Waals surface area contributed by atoms with E-state index in [2.05, 4.69) is 20.8 Å². The van der Waals surface area contributed by atoms with Crippen molar-refractivity contribution in [2.24, 2.45) is 0 Å². The Balaban J connectivity index is 0.000000708. The molecule has 0 saturated carbocycles. The number of rotatable bonds is 9. The number of aromatic nitrogens is 2. The minimum Gasteiger partial charge on any atom is -0.497 e. The number of carbonyl (C=O) groups excluding carboxylic acids is 2. The summed E-state index contributed by atoms with van der Waals surface area (Å²) in [6.07, 6.45) is -3.17. The topological polar surface area (TPSA) is 156 Å². The highest BCUT2D eigenvalue weighted by atomic mass is 19.4. The number of carboxylic acids is 1. The summed E-state index contributed by atoms with van der Waals surface area (Å²) in [5.41, 5.74) is 2.67. The predicted molar refractivity (Wildman–Crippen MR) is 137 cm³/mol. The normalized spacial score (nSPS) is 11.2. The van der Waals surface area contributed by atoms with Crippen LogP contribution in [0.1, 0.15) is 65.5 Å². The molecule has 0 atom stereocenters. The number of hydrogen-bond donors (Lipinski definition) is 4. The lowest BCUT2D eigenvalue weighted by Crippen LogP contribution is -2.26. The van der Waals surface area contributed by atoms with Crippen molar-refractivity contribution in [2.75, 3.05) is 12.4 Å². The zero-order chi connectivity index (χ0) is 30.1. The molecule has 0 spiro atoms. The van der Waals surface area contributed by atoms with Gasteiger partial charge in [0.25, 0.3) is 5.91 Å². The highest BCUT2D eigenvalue weighted by Crippen LogP contribution is 2.25. The van der Waals surface area contributed by atoms with E-state index in [1.165, 1.54) is 6.26 Å². The number of methoxy groups -OCH3 is 1. The molecule has 0 saturated heterocycles. The van der Waals surface area contributed by atoms with E-state index in [0.717, 1.165) is 11.4 Å². The minimum absolute atomic E-state index is 0.205. The molecule has 0 aliphatic carbocycles. The van der Waals surface area contributed by atoms with Crippen LogP contribution in [0, 0.1) is 0 Å². The first-order chi connectivity index (χ1) is 18.7. The standard InChI is InChI=1S/C24H30N4O5.C2HF3O2/c1-6-18-20(22(29)26-13-16-11-12-32-28-16)19(27-21(18)23(30)33-24(2,3)4)14-25-15-7-9-17(31-5)10-8-15;3-2(4,5)1(6)7/h7-12,25,27H,6,13-14H2,1-5H3,(H,26,29);(H,6,7). The third-order valence-corrected chi connectivity index (χ3v) is 5.09. The molecular weight excluding hydrogens is 537 g/mol. The second-order valence-corrected chi connectivity index (χ2v) is 9.25. The Kier molecular flexibility index (Phi) is 10.7. The number of anilines is 1. The second-order valence-electron chi connectivity index (χ2n) is 9.25. The van der Waals surface area contributed by atoms with E-state index in [1.54, 1.807) is 33.9 Å². The fourth-order valence-electron chi connectivity index (χ4n) is 3.35. The molecule has 2 aromatic heterocycles. The number of aromatic amines is 1. The van der Waals surface area contributed by atoms with Crippen molar-refractivity contribution >= 4 is 23.5 Å². The highest BCUT2D eigenvalue weighted by Gasteiger charge is 2.38. The van der Waals surface area contributed by atoms with Crippen molar-refractivity contribution < 1.29 is 46.7 Å². The van der Waals surface area contributed by atoms with Gasteiger partial charge in [0.05, 0.1) is 25.8 Å². The molecule has 0 radical (unpaired) electrons. The van der Waals surface area contributed by atoms with Crippen LogP contribution in [0.5, 0.6) is 5.75 Å². The number of nitrogens with one attached hydrogen (secondary N) is 3. The Morgan fingerprint density at radius 3 is 2.17 bits per heavy atom. The highest BCUT2D eigenvalue weighted by molar-refractivity contribution is 6.01. The summed E-state index contributed by atoms with van der Waals surface area (Å²) in [5, 5.41) is 17.1. The Morgan fingerprint density at radius 2 is 1.70 bits per heavy atom. The van der Waals surface area contributed by atoms with Gasteiger partial charge in [-0.2, -0.15) is 13.2 Å². The molecule has 0 unspecified atom stereocenters. The van der Waals surface area contributed by atoms with Crippen LogP contribution in [-0.2, 0) is 29.0 Å². The maximum absolute atomic E-state index is 13.2. The van der Waals surface area contributed by atoms with Crippen LogP contribution in [0.25, 0.3) is 0 Å². The summed E-state index contributed by atoms with van der Waals surface area (Å²) < 4.78 is 47.3. The van der Waals surface area contributed by atoms with Gasteiger partial charge in [-0.05, 0) is 57.0 Å². The van der Waals surface area contributed by atoms with Crippen LogP contribution in [0.3, 0.4) is 0 Å². The molecule has 1 amide bonds. The number of carbonyl (C=O) groups is 3. The largest absolute Gasteiger partial charge is 0.497 e. The Hall–Kier alpha value is -4.49. The van der Waals surface area contributed by atoms with E-state index in [0.29, 0.717) is 35.5 Å². The van der Waals surface area contributed by atoms with E-state index in [-0.39, 0.29) is 18.1 Å². The summed E-state index contributed by atoms with van der Waals surface area (Å²) in [7, 11) is 1.61. The maximum Gasteiger partial charge on any atom is 0.490 e. The summed E-state index contributed by atoms with van der Waals surface area (Å²) in [6, 6.07) is 9.11. The maximum atomic E-state index is 13.2. The SMILES string of the molecule is CCc1c(C(=O)OC(C)(C)C)[nH]c(CNc2ccc(OC)cc2)c1C(=O)NCc1ccon1.O=C(O)C(F)(F)F. The smallest absolute Gasteiger partial charge is 0.490 e. The number of amides is 1. The van der Waals surface area contributed by atoms with Crippen molar-refractivity contribution in [3.8, 4) is 5.75 Å². The Bertz CT molecular complexity index is 1280. The molecule has 2 heterocycles. The van der Waals surface area contributed by atoms with Gasteiger partial charge in [-0.3, -0.25) is 4.79 Å². The zero-order valence-electron chi connectivity index (χ0n) is 22.6. The molecule has 40 heavy (non-hydrogen) atoms. The average molecular weight is 569 g/mol. The zero-order valence-corrected chi connectivity index (χ0v) is 22.6. The Labute approximate surface area is 228 Å². The van der Waals surface area contributed by atoms with Gasteiger partial charge in [-0.1, -0.05) is 12.1 Å². The summed E-state index contributed by atoms with van der Waals surface area (Å²) >= 11 is 0. The van der Waals surface area contributed by atoms with E-state index < -0.39 is 23.7 Å². The molecule has 3 rings (SSSR count). The Morgan fingerprint density at radius 1 is 1.07 bits per heavy atom. The van der Waals surface area contributed by atoms with Gasteiger partial charge in [0.2, 0.25) is 0 Å². The number of ether oxygens (including phenoxy) is 2. The van der Waals surface area contributed by atoms with Crippen molar-refractivity contribution in [3.63, 3.8) is 0 Å². The molecule has 0 aliphatic heterocycles. The first-order valence-corrected chi connectivity index (χ1v) is 12.0. The number of H-pyrrole nitrogens is 1. The monoisotopic (exact) mass is 568 g/mol. The van der Waals surface area contributed by atoms with Gasteiger partial charge in [0.15, 0.2) is 0 Å². The van der Waals surface area contributed by atoms with Crippen LogP contribution >= 0.6 is 0 Å². The molecule has 1 aromatic carbocycles. The second kappa shape index (κ2) is 13.5. The molecule has 0 aliphatic rings. The predicted octanol–water partition coefficient (Wildman–Crippen LogP) is 4.70. The quantitative estimate of drug-likeness (QED) is 0.269. The molecule has 3 aromatic rings. The number of esters is 1. The summed E-state index contributed by atoms with van der Waals surface area (Å²) in [4.78, 5) is 38.1. The first kappa shape index (κ1) is 31.7. The third kappa shape index (κ3) is 9.36. The van der Waals surface area contributed by atoms with Gasteiger partial charge >= 0.3 is 18.1 Å². The van der Waals surface area contributed by atoms with Gasteiger partial charge in [-0.25, -0.2) is 9.59 Å². The molecule has 0 fully saturated rings. The molecule has 218 valence electrons. The molecular formula is C26H31F3N4O7. The number of aliphatic carboxylic acids is 1. The minimum atomic E-state index is -5.08. The van der Waals surface area contributed by atoms with Crippen molar-refractivity contribution in [2.45, 2.75) is 59.0 Å². The van der Waals surface area contributed by atoms with Crippen molar-refractivity contribution in [1.82, 2.24) is 15.5 Å². The van der Waals surface area contributed by atoms with Crippen LogP contribution in [0.4, 0.5) is 18.9 Å². The van der Waals surface area contributed by atoms with Crippen LogP contribution < -0.4 is 15.4 Å². The summed E-state index contributed by atoms with van der Waals surface area (Å²) in [5.74, 6) is -2.82. The molecule has 14 heteroatoms.